The molecular formula is C57H79NO4. The highest BCUT2D eigenvalue weighted by molar-refractivity contribution is 5.58. The van der Waals surface area contributed by atoms with Crippen LogP contribution >= 0.6 is 0 Å². The van der Waals surface area contributed by atoms with Gasteiger partial charge in [0.15, 0.2) is 0 Å². The van der Waals surface area contributed by atoms with Crippen LogP contribution in [0.25, 0.3) is 17.0 Å². The maximum absolute atomic E-state index is 10.6. The molecule has 0 radical (unpaired) electrons. The van der Waals surface area contributed by atoms with E-state index in [9.17, 15) is 15.3 Å². The molecule has 0 fully saturated rings. The highest BCUT2D eigenvalue weighted by Crippen LogP contribution is 2.42. The maximum atomic E-state index is 10.6. The summed E-state index contributed by atoms with van der Waals surface area (Å²) in [7, 11) is 0. The first-order valence-electron chi connectivity index (χ1n) is 23.5. The molecule has 0 aliphatic carbocycles. The van der Waals surface area contributed by atoms with Gasteiger partial charge < -0.3 is 24.9 Å². The van der Waals surface area contributed by atoms with Crippen LogP contribution in [0, 0.1) is 34.3 Å². The molecule has 4 aromatic carbocycles. The normalized spacial score (nSPS) is 12.4. The Kier molecular flexibility index (Phi) is 19.8. The topological polar surface area (TPSA) is 74.3 Å². The molecule has 4 rings (SSSR count). The Balaban J connectivity index is 0.000000336. The molecular weight excluding hydrogens is 763 g/mol. The van der Waals surface area contributed by atoms with Gasteiger partial charge in [-0.1, -0.05) is 140 Å². The number of aryl methyl sites for hydroxylation is 4. The van der Waals surface area contributed by atoms with Crippen LogP contribution in [0.5, 0.6) is 11.5 Å². The summed E-state index contributed by atoms with van der Waals surface area (Å²) in [5.74, 6) is 1.28. The molecule has 0 amide bonds. The van der Waals surface area contributed by atoms with E-state index in [2.05, 4.69) is 132 Å². The van der Waals surface area contributed by atoms with Gasteiger partial charge in [0.05, 0.1) is 17.8 Å². The van der Waals surface area contributed by atoms with E-state index in [0.29, 0.717) is 44.6 Å². The first-order chi connectivity index (χ1) is 29.5. The van der Waals surface area contributed by atoms with E-state index in [1.807, 2.05) is 52.8 Å². The lowest BCUT2D eigenvalue weighted by atomic mass is 9.70. The minimum absolute atomic E-state index is 0.0561. The van der Waals surface area contributed by atoms with Gasteiger partial charge >= 0.3 is 0 Å². The molecule has 62 heavy (non-hydrogen) atoms. The zero-order chi connectivity index (χ0) is 46.1. The van der Waals surface area contributed by atoms with Crippen LogP contribution in [0.2, 0.25) is 0 Å². The van der Waals surface area contributed by atoms with Crippen LogP contribution < -0.4 is 4.74 Å². The number of nitrogens with zero attached hydrogens (tertiary/aromatic N) is 1. The van der Waals surface area contributed by atoms with E-state index in [0.717, 1.165) is 66.5 Å². The van der Waals surface area contributed by atoms with Gasteiger partial charge in [-0.2, -0.15) is 0 Å². The van der Waals surface area contributed by atoms with Gasteiger partial charge in [-0.05, 0) is 153 Å². The van der Waals surface area contributed by atoms with E-state index >= 15 is 0 Å². The van der Waals surface area contributed by atoms with E-state index in [4.69, 9.17) is 11.3 Å². The number of ether oxygens (including phenoxy) is 1. The van der Waals surface area contributed by atoms with Gasteiger partial charge in [0.1, 0.15) is 11.5 Å². The van der Waals surface area contributed by atoms with E-state index in [1.165, 1.54) is 33.4 Å². The maximum Gasteiger partial charge on any atom is 0.214 e. The van der Waals surface area contributed by atoms with Gasteiger partial charge in [-0.15, -0.1) is 0 Å². The van der Waals surface area contributed by atoms with Crippen molar-refractivity contribution in [1.82, 2.24) is 0 Å². The third-order valence-electron chi connectivity index (χ3n) is 14.1. The van der Waals surface area contributed by atoms with E-state index < -0.39 is 11.2 Å². The Hall–Kier alpha value is -4.63. The lowest BCUT2D eigenvalue weighted by Crippen LogP contribution is -2.26. The SMILES string of the molecule is CCC(O)(/C=C/c1ccc(C(CC)(CC)c2ccc(O)c(C)c2)cc1C)CC.[C-]#[N+]CCCCOc1ccc(C(CC)(CC)c2ccc(/C=C/C(O)(CC)CC)c(C)c2)cc1C. The molecule has 0 atom stereocenters. The standard InChI is InChI=1S/C31H43NO2.C26H36O2/c1-8-30(33,9-2)19-18-26-14-15-27(22-24(26)5)31(10-3,11-4)28-16-17-29(25(6)23-28)34-21-13-12-20-32-7;1-7-25(28,8-2)16-15-21-11-12-22(17-19(21)5)26(9-3,10-4)23-13-14-24(27)20(6)18-23/h14-19,22-23,33H,8-13,20-21H2,1-6H3;11-18,27-28H,7-10H2,1-6H3/b19-18+;16-15+. The molecule has 3 N–H and O–H groups in total. The Morgan fingerprint density at radius 3 is 1.26 bits per heavy atom. The van der Waals surface area contributed by atoms with Gasteiger partial charge in [0, 0.05) is 17.3 Å². The zero-order valence-corrected chi connectivity index (χ0v) is 40.4. The van der Waals surface area contributed by atoms with Crippen molar-refractivity contribution in [2.45, 2.75) is 169 Å². The molecule has 4 aromatic rings. The van der Waals surface area contributed by atoms with Crippen molar-refractivity contribution < 1.29 is 20.1 Å². The molecule has 5 heteroatoms. The molecule has 336 valence electrons. The van der Waals surface area contributed by atoms with Crippen molar-refractivity contribution in [3.05, 3.63) is 152 Å². The van der Waals surface area contributed by atoms with Gasteiger partial charge in [0.2, 0.25) is 6.54 Å². The Morgan fingerprint density at radius 2 is 0.903 bits per heavy atom. The largest absolute Gasteiger partial charge is 0.508 e. The third-order valence-corrected chi connectivity index (χ3v) is 14.1. The number of phenols is 1. The number of benzene rings is 4. The fraction of sp³-hybridized carbons (Fsp3) is 0.491. The Bertz CT molecular complexity index is 2120. The number of aliphatic hydroxyl groups is 2. The summed E-state index contributed by atoms with van der Waals surface area (Å²) in [4.78, 5) is 3.40. The number of unbranched alkanes of at least 4 members (excludes halogenated alkanes) is 1. The van der Waals surface area contributed by atoms with Crippen molar-refractivity contribution in [2.24, 2.45) is 0 Å². The van der Waals surface area contributed by atoms with Crippen LogP contribution in [0.1, 0.15) is 175 Å². The highest BCUT2D eigenvalue weighted by Gasteiger charge is 2.33. The second-order valence-electron chi connectivity index (χ2n) is 17.4. The second kappa shape index (κ2) is 23.7. The lowest BCUT2D eigenvalue weighted by Gasteiger charge is -2.34. The molecule has 0 saturated heterocycles. The van der Waals surface area contributed by atoms with Crippen molar-refractivity contribution in [3.8, 4) is 11.5 Å². The molecule has 0 aliphatic rings. The minimum atomic E-state index is -0.736. The molecule has 0 saturated carbocycles. The Labute approximate surface area is 376 Å². The fourth-order valence-corrected chi connectivity index (χ4v) is 8.79. The van der Waals surface area contributed by atoms with Crippen LogP contribution in [-0.2, 0) is 10.8 Å². The predicted octanol–water partition coefficient (Wildman–Crippen LogP) is 14.7. The van der Waals surface area contributed by atoms with Crippen LogP contribution in [0.4, 0.5) is 0 Å². The summed E-state index contributed by atoms with van der Waals surface area (Å²) in [6, 6.07) is 26.0. The molecule has 0 heterocycles. The van der Waals surface area contributed by atoms with Crippen molar-refractivity contribution in [2.75, 3.05) is 13.2 Å². The minimum Gasteiger partial charge on any atom is -0.508 e. The number of rotatable bonds is 21. The number of hydrogen-bond acceptors (Lipinski definition) is 4. The number of aromatic hydroxyl groups is 1. The molecule has 0 unspecified atom stereocenters. The summed E-state index contributed by atoms with van der Waals surface area (Å²) >= 11 is 0. The summed E-state index contributed by atoms with van der Waals surface area (Å²) in [5.41, 5.74) is 10.4. The summed E-state index contributed by atoms with van der Waals surface area (Å²) < 4.78 is 6.00. The fourth-order valence-electron chi connectivity index (χ4n) is 8.79. The predicted molar refractivity (Wildman–Crippen MR) is 264 cm³/mol. The second-order valence-corrected chi connectivity index (χ2v) is 17.4. The zero-order valence-electron chi connectivity index (χ0n) is 40.4. The van der Waals surface area contributed by atoms with Crippen LogP contribution in [0.3, 0.4) is 0 Å². The molecule has 0 aliphatic heterocycles. The lowest BCUT2D eigenvalue weighted by molar-refractivity contribution is 0.0832. The van der Waals surface area contributed by atoms with Crippen LogP contribution in [-0.4, -0.2) is 39.7 Å². The summed E-state index contributed by atoms with van der Waals surface area (Å²) in [6.45, 7) is 33.6. The number of phenolic OH excluding ortho intramolecular Hbond substituents is 1. The first kappa shape index (κ1) is 51.7. The van der Waals surface area contributed by atoms with E-state index in [1.54, 1.807) is 0 Å². The van der Waals surface area contributed by atoms with Gasteiger partial charge in [0.25, 0.3) is 0 Å². The number of hydrogen-bond donors (Lipinski definition) is 3. The van der Waals surface area contributed by atoms with Gasteiger partial charge in [-0.25, -0.2) is 6.57 Å². The molecule has 0 spiro atoms. The van der Waals surface area contributed by atoms with Crippen LogP contribution in [0.15, 0.2) is 84.9 Å². The average molecular weight is 842 g/mol. The molecule has 0 bridgehead atoms. The van der Waals surface area contributed by atoms with E-state index in [-0.39, 0.29) is 10.8 Å². The van der Waals surface area contributed by atoms with Gasteiger partial charge in [-0.3, -0.25) is 0 Å². The van der Waals surface area contributed by atoms with Crippen molar-refractivity contribution in [3.63, 3.8) is 0 Å². The third kappa shape index (κ3) is 12.5. The highest BCUT2D eigenvalue weighted by atomic mass is 16.5. The Morgan fingerprint density at radius 1 is 0.516 bits per heavy atom. The summed E-state index contributed by atoms with van der Waals surface area (Å²) in [6.07, 6.45) is 16.7. The average Bonchev–Trinajstić information content (AvgIpc) is 3.28. The first-order valence-corrected chi connectivity index (χ1v) is 23.5. The molecule has 5 nitrogen and oxygen atoms in total. The summed E-state index contributed by atoms with van der Waals surface area (Å²) in [5, 5.41) is 31.1. The van der Waals surface area contributed by atoms with Crippen molar-refractivity contribution in [1.29, 1.82) is 0 Å². The quantitative estimate of drug-likeness (QED) is 0.0577. The monoisotopic (exact) mass is 842 g/mol. The smallest absolute Gasteiger partial charge is 0.214 e. The van der Waals surface area contributed by atoms with Crippen molar-refractivity contribution >= 4 is 12.2 Å². The molecule has 0 aromatic heterocycles.